The second-order valence-corrected chi connectivity index (χ2v) is 5.19. The van der Waals surface area contributed by atoms with E-state index >= 15 is 0 Å². The summed E-state index contributed by atoms with van der Waals surface area (Å²) in [7, 11) is 0. The van der Waals surface area contributed by atoms with Gasteiger partial charge >= 0.3 is 0 Å². The summed E-state index contributed by atoms with van der Waals surface area (Å²) < 4.78 is 18.5. The molecule has 0 aliphatic rings. The summed E-state index contributed by atoms with van der Waals surface area (Å²) in [6, 6.07) is 10.2. The van der Waals surface area contributed by atoms with Crippen molar-refractivity contribution in [3.8, 4) is 5.75 Å². The number of pyridine rings is 1. The molecule has 2 N–H and O–H groups in total. The van der Waals surface area contributed by atoms with Gasteiger partial charge in [0.2, 0.25) is 6.86 Å². The summed E-state index contributed by atoms with van der Waals surface area (Å²) in [6.45, 7) is 0.464. The minimum Gasteiger partial charge on any atom is -0.463 e. The van der Waals surface area contributed by atoms with Gasteiger partial charge in [0.05, 0.1) is 12.2 Å². The van der Waals surface area contributed by atoms with Gasteiger partial charge in [-0.3, -0.25) is 9.20 Å². The standard InChI is InChI=1S/C17H16FN3O3/c1-11-4-3-7-21-16(11)20-15(14(9-22)17(21)23)19-12-5-2-6-13(8-12)24-10-18/h2-8,19,22H,9-10H2,1H3. The summed E-state index contributed by atoms with van der Waals surface area (Å²) >= 11 is 0. The molecular weight excluding hydrogens is 313 g/mol. The van der Waals surface area contributed by atoms with Crippen molar-refractivity contribution in [3.05, 3.63) is 64.1 Å². The minimum absolute atomic E-state index is 0.148. The zero-order valence-corrected chi connectivity index (χ0v) is 13.0. The maximum Gasteiger partial charge on any atom is 0.265 e. The third-order valence-corrected chi connectivity index (χ3v) is 3.62. The first kappa shape index (κ1) is 15.9. The zero-order chi connectivity index (χ0) is 17.1. The number of aryl methyl sites for hydroxylation is 1. The van der Waals surface area contributed by atoms with E-state index in [1.165, 1.54) is 4.40 Å². The number of nitrogens with zero attached hydrogens (tertiary/aromatic N) is 2. The van der Waals surface area contributed by atoms with Gasteiger partial charge in [0.1, 0.15) is 17.2 Å². The Kier molecular flexibility index (Phi) is 4.43. The van der Waals surface area contributed by atoms with Crippen molar-refractivity contribution in [1.82, 2.24) is 9.38 Å². The molecule has 0 aliphatic heterocycles. The van der Waals surface area contributed by atoms with E-state index in [-0.39, 0.29) is 16.9 Å². The van der Waals surface area contributed by atoms with Crippen molar-refractivity contribution in [1.29, 1.82) is 0 Å². The number of halogens is 1. The molecule has 0 atom stereocenters. The monoisotopic (exact) mass is 329 g/mol. The Balaban J connectivity index is 2.10. The molecule has 0 fully saturated rings. The van der Waals surface area contributed by atoms with Crippen molar-refractivity contribution in [3.63, 3.8) is 0 Å². The number of aromatic nitrogens is 2. The van der Waals surface area contributed by atoms with Crippen LogP contribution in [0.25, 0.3) is 5.65 Å². The van der Waals surface area contributed by atoms with Crippen molar-refractivity contribution in [2.45, 2.75) is 13.5 Å². The molecule has 0 aliphatic carbocycles. The number of hydrogen-bond acceptors (Lipinski definition) is 5. The number of benzene rings is 1. The van der Waals surface area contributed by atoms with Crippen LogP contribution >= 0.6 is 0 Å². The van der Waals surface area contributed by atoms with Crippen LogP contribution in [0.5, 0.6) is 5.75 Å². The van der Waals surface area contributed by atoms with E-state index in [1.54, 1.807) is 36.5 Å². The SMILES string of the molecule is Cc1cccn2c(=O)c(CO)c(Nc3cccc(OCF)c3)nc12. The van der Waals surface area contributed by atoms with Crippen molar-refractivity contribution in [2.75, 3.05) is 12.2 Å². The second-order valence-electron chi connectivity index (χ2n) is 5.19. The number of rotatable bonds is 5. The summed E-state index contributed by atoms with van der Waals surface area (Å²) in [5.41, 5.74) is 1.70. The summed E-state index contributed by atoms with van der Waals surface area (Å²) in [5, 5.41) is 12.6. The van der Waals surface area contributed by atoms with Gasteiger partial charge in [-0.25, -0.2) is 9.37 Å². The minimum atomic E-state index is -0.930. The highest BCUT2D eigenvalue weighted by molar-refractivity contribution is 5.64. The predicted octanol–water partition coefficient (Wildman–Crippen LogP) is 2.54. The second kappa shape index (κ2) is 6.67. The van der Waals surface area contributed by atoms with Gasteiger partial charge in [0.25, 0.3) is 5.56 Å². The van der Waals surface area contributed by atoms with Crippen molar-refractivity contribution >= 4 is 17.2 Å². The molecule has 1 aromatic carbocycles. The van der Waals surface area contributed by atoms with Crippen molar-refractivity contribution < 1.29 is 14.2 Å². The van der Waals surface area contributed by atoms with Crippen LogP contribution in [0.15, 0.2) is 47.4 Å². The van der Waals surface area contributed by atoms with E-state index in [9.17, 15) is 14.3 Å². The van der Waals surface area contributed by atoms with Gasteiger partial charge in [-0.1, -0.05) is 12.1 Å². The van der Waals surface area contributed by atoms with Crippen LogP contribution in [-0.4, -0.2) is 21.4 Å². The number of nitrogens with one attached hydrogen (secondary N) is 1. The van der Waals surface area contributed by atoms with Crippen LogP contribution in [0.4, 0.5) is 15.9 Å². The average Bonchev–Trinajstić information content (AvgIpc) is 2.57. The molecule has 6 nitrogen and oxygen atoms in total. The maximum absolute atomic E-state index is 12.5. The number of hydrogen-bond donors (Lipinski definition) is 2. The number of alkyl halides is 1. The fourth-order valence-electron chi connectivity index (χ4n) is 2.44. The van der Waals surface area contributed by atoms with E-state index < -0.39 is 13.5 Å². The maximum atomic E-state index is 12.5. The van der Waals surface area contributed by atoms with E-state index in [1.807, 2.05) is 13.0 Å². The van der Waals surface area contributed by atoms with Crippen LogP contribution in [0, 0.1) is 6.92 Å². The molecule has 0 spiro atoms. The Labute approximate surface area is 137 Å². The van der Waals surface area contributed by atoms with Crippen LogP contribution < -0.4 is 15.6 Å². The fourth-order valence-corrected chi connectivity index (χ4v) is 2.44. The molecular formula is C17H16FN3O3. The normalized spacial score (nSPS) is 10.8. The molecule has 2 heterocycles. The van der Waals surface area contributed by atoms with Crippen LogP contribution in [-0.2, 0) is 6.61 Å². The molecule has 0 bridgehead atoms. The number of fused-ring (bicyclic) bond motifs is 1. The molecule has 3 rings (SSSR count). The molecule has 0 amide bonds. The first-order valence-corrected chi connectivity index (χ1v) is 7.31. The number of ether oxygens (including phenoxy) is 1. The molecule has 0 radical (unpaired) electrons. The lowest BCUT2D eigenvalue weighted by Gasteiger charge is -2.13. The Morgan fingerprint density at radius 2 is 2.17 bits per heavy atom. The summed E-state index contributed by atoms with van der Waals surface area (Å²) in [4.78, 5) is 17.0. The fraction of sp³-hybridized carbons (Fsp3) is 0.176. The predicted molar refractivity (Wildman–Crippen MR) is 88.4 cm³/mol. The van der Waals surface area contributed by atoms with Gasteiger partial charge in [-0.15, -0.1) is 0 Å². The first-order valence-electron chi connectivity index (χ1n) is 7.31. The largest absolute Gasteiger partial charge is 0.463 e. The lowest BCUT2D eigenvalue weighted by Crippen LogP contribution is -2.22. The van der Waals surface area contributed by atoms with Crippen LogP contribution in [0.1, 0.15) is 11.1 Å². The molecule has 7 heteroatoms. The molecule has 3 aromatic rings. The van der Waals surface area contributed by atoms with Gasteiger partial charge < -0.3 is 15.2 Å². The molecule has 0 saturated carbocycles. The number of aliphatic hydroxyl groups is 1. The van der Waals surface area contributed by atoms with Gasteiger partial charge in [-0.2, -0.15) is 0 Å². The Morgan fingerprint density at radius 3 is 2.92 bits per heavy atom. The van der Waals surface area contributed by atoms with E-state index in [2.05, 4.69) is 10.3 Å². The summed E-state index contributed by atoms with van der Waals surface area (Å²) in [5.74, 6) is 0.607. The summed E-state index contributed by atoms with van der Waals surface area (Å²) in [6.07, 6.45) is 1.61. The quantitative estimate of drug-likeness (QED) is 0.752. The number of aliphatic hydroxyl groups excluding tert-OH is 1. The topological polar surface area (TPSA) is 75.9 Å². The third kappa shape index (κ3) is 2.93. The molecule has 2 aromatic heterocycles. The molecule has 124 valence electrons. The highest BCUT2D eigenvalue weighted by atomic mass is 19.1. The highest BCUT2D eigenvalue weighted by Crippen LogP contribution is 2.22. The van der Waals surface area contributed by atoms with Gasteiger partial charge in [0.15, 0.2) is 0 Å². The average molecular weight is 329 g/mol. The Morgan fingerprint density at radius 1 is 1.33 bits per heavy atom. The zero-order valence-electron chi connectivity index (χ0n) is 13.0. The smallest absolute Gasteiger partial charge is 0.265 e. The van der Waals surface area contributed by atoms with E-state index in [4.69, 9.17) is 4.74 Å². The molecule has 0 saturated heterocycles. The molecule has 0 unspecified atom stereocenters. The van der Waals surface area contributed by atoms with Crippen molar-refractivity contribution in [2.24, 2.45) is 0 Å². The molecule has 24 heavy (non-hydrogen) atoms. The lowest BCUT2D eigenvalue weighted by atomic mass is 10.2. The first-order chi connectivity index (χ1) is 11.6. The van der Waals surface area contributed by atoms with Gasteiger partial charge in [-0.05, 0) is 30.7 Å². The Bertz CT molecular complexity index is 940. The highest BCUT2D eigenvalue weighted by Gasteiger charge is 2.13. The number of anilines is 2. The van der Waals surface area contributed by atoms with Gasteiger partial charge in [0, 0.05) is 18.0 Å². The third-order valence-electron chi connectivity index (χ3n) is 3.62. The lowest BCUT2D eigenvalue weighted by molar-refractivity contribution is 0.192. The van der Waals surface area contributed by atoms with Crippen LogP contribution in [0.3, 0.4) is 0 Å². The van der Waals surface area contributed by atoms with E-state index in [0.29, 0.717) is 17.1 Å². The van der Waals surface area contributed by atoms with E-state index in [0.717, 1.165) is 5.56 Å². The Hall–Kier alpha value is -2.93. The van der Waals surface area contributed by atoms with Crippen LogP contribution in [0.2, 0.25) is 0 Å².